The van der Waals surface area contributed by atoms with Crippen molar-refractivity contribution in [2.45, 2.75) is 127 Å². The number of hydrogen-bond donors (Lipinski definition) is 0. The van der Waals surface area contributed by atoms with Crippen molar-refractivity contribution >= 4 is 10.8 Å². The second-order valence-corrected chi connectivity index (χ2v) is 19.3. The molecule has 0 heteroatoms. The Morgan fingerprint density at radius 1 is 0.548 bits per heavy atom. The Morgan fingerprint density at radius 2 is 1.07 bits per heavy atom. The third-order valence-electron chi connectivity index (χ3n) is 14.1. The molecule has 0 radical (unpaired) electrons. The zero-order valence-electron chi connectivity index (χ0n) is 29.0. The molecule has 0 heterocycles. The summed E-state index contributed by atoms with van der Waals surface area (Å²) in [5, 5.41) is 2.86. The molecule has 0 aliphatic heterocycles. The van der Waals surface area contributed by atoms with Gasteiger partial charge in [0.15, 0.2) is 0 Å². The van der Waals surface area contributed by atoms with E-state index in [2.05, 4.69) is 112 Å². The van der Waals surface area contributed by atoms with Gasteiger partial charge in [-0.05, 0) is 149 Å². The second-order valence-electron chi connectivity index (χ2n) is 19.3. The van der Waals surface area contributed by atoms with Crippen LogP contribution in [0.1, 0.15) is 132 Å². The first kappa shape index (κ1) is 30.7. The molecule has 10 atom stereocenters. The molecule has 0 amide bonds. The fraction of sp³-hybridized carbons (Fsp3) is 0.762. The first-order chi connectivity index (χ1) is 19.6. The second kappa shape index (κ2) is 10.9. The normalized spacial score (nSPS) is 38.3. The van der Waals surface area contributed by atoms with Gasteiger partial charge in [0.2, 0.25) is 0 Å². The SMILES string of the molecule is CC1CC(C(C)(C)C)CC1[C@@H](c1ccc2ccccc2c1)C1C2CC(C(C)(C)C)CCC2C2CCC(C(C)(C)C)CC21. The Balaban J connectivity index is 1.48. The fourth-order valence-electron chi connectivity index (χ4n) is 11.5. The van der Waals surface area contributed by atoms with Gasteiger partial charge in [-0.25, -0.2) is 0 Å². The number of benzene rings is 2. The third kappa shape index (κ3) is 5.65. The van der Waals surface area contributed by atoms with Gasteiger partial charge < -0.3 is 0 Å². The smallest absolute Gasteiger partial charge is 0.00969 e. The van der Waals surface area contributed by atoms with Gasteiger partial charge in [0, 0.05) is 0 Å². The molecule has 2 aromatic carbocycles. The van der Waals surface area contributed by atoms with Gasteiger partial charge in [0.1, 0.15) is 0 Å². The number of hydrogen-bond acceptors (Lipinski definition) is 0. The molecule has 2 aromatic rings. The summed E-state index contributed by atoms with van der Waals surface area (Å²) in [6.07, 6.45) is 11.8. The molecule has 4 saturated carbocycles. The summed E-state index contributed by atoms with van der Waals surface area (Å²) < 4.78 is 0. The maximum Gasteiger partial charge on any atom is -0.00969 e. The summed E-state index contributed by atoms with van der Waals surface area (Å²) in [5.74, 6) is 9.53. The van der Waals surface area contributed by atoms with Crippen LogP contribution in [0.4, 0.5) is 0 Å². The lowest BCUT2D eigenvalue weighted by atomic mass is 9.59. The Labute approximate surface area is 260 Å². The van der Waals surface area contributed by atoms with E-state index >= 15 is 0 Å². The van der Waals surface area contributed by atoms with Crippen molar-refractivity contribution in [2.24, 2.45) is 75.4 Å². The van der Waals surface area contributed by atoms with Crippen LogP contribution in [0.25, 0.3) is 10.8 Å². The molecular formula is C42H64. The molecule has 0 bridgehead atoms. The van der Waals surface area contributed by atoms with E-state index < -0.39 is 0 Å². The van der Waals surface area contributed by atoms with Gasteiger partial charge in [0.25, 0.3) is 0 Å². The van der Waals surface area contributed by atoms with Crippen molar-refractivity contribution in [3.05, 3.63) is 48.0 Å². The van der Waals surface area contributed by atoms with Crippen LogP contribution >= 0.6 is 0 Å². The maximum atomic E-state index is 2.66. The quantitative estimate of drug-likeness (QED) is 0.345. The Morgan fingerprint density at radius 3 is 1.57 bits per heavy atom. The molecule has 42 heavy (non-hydrogen) atoms. The highest BCUT2D eigenvalue weighted by atomic mass is 14.6. The topological polar surface area (TPSA) is 0 Å². The molecule has 0 aromatic heterocycles. The van der Waals surface area contributed by atoms with Crippen molar-refractivity contribution in [2.75, 3.05) is 0 Å². The van der Waals surface area contributed by atoms with E-state index in [9.17, 15) is 0 Å². The Hall–Kier alpha value is -1.30. The van der Waals surface area contributed by atoms with Gasteiger partial charge >= 0.3 is 0 Å². The molecule has 4 aliphatic rings. The van der Waals surface area contributed by atoms with E-state index in [0.717, 1.165) is 59.2 Å². The first-order valence-corrected chi connectivity index (χ1v) is 18.1. The largest absolute Gasteiger partial charge is 0.0622 e. The molecule has 4 fully saturated rings. The van der Waals surface area contributed by atoms with Crippen LogP contribution < -0.4 is 0 Å². The zero-order chi connectivity index (χ0) is 30.2. The van der Waals surface area contributed by atoms with E-state index in [1.54, 1.807) is 5.56 Å². The third-order valence-corrected chi connectivity index (χ3v) is 14.1. The van der Waals surface area contributed by atoms with Crippen LogP contribution in [0.2, 0.25) is 0 Å². The van der Waals surface area contributed by atoms with E-state index in [1.807, 2.05) is 0 Å². The van der Waals surface area contributed by atoms with Crippen LogP contribution in [-0.2, 0) is 0 Å². The van der Waals surface area contributed by atoms with Crippen molar-refractivity contribution in [1.82, 2.24) is 0 Å². The van der Waals surface area contributed by atoms with Crippen molar-refractivity contribution in [3.63, 3.8) is 0 Å². The lowest BCUT2D eigenvalue weighted by Crippen LogP contribution is -2.37. The van der Waals surface area contributed by atoms with Crippen LogP contribution in [0.15, 0.2) is 42.5 Å². The summed E-state index contributed by atoms with van der Waals surface area (Å²) in [6.45, 7) is 25.4. The molecule has 0 spiro atoms. The van der Waals surface area contributed by atoms with Crippen molar-refractivity contribution in [3.8, 4) is 0 Å². The molecule has 0 saturated heterocycles. The van der Waals surface area contributed by atoms with E-state index in [0.29, 0.717) is 22.2 Å². The molecule has 9 unspecified atom stereocenters. The molecule has 0 N–H and O–H groups in total. The lowest BCUT2D eigenvalue weighted by molar-refractivity contribution is 0.0658. The maximum absolute atomic E-state index is 2.66. The summed E-state index contributed by atoms with van der Waals surface area (Å²) in [7, 11) is 0. The van der Waals surface area contributed by atoms with Crippen LogP contribution in [-0.4, -0.2) is 0 Å². The standard InChI is InChI=1S/C42H64/c1-26-21-32(42(8,9)10)25-35(26)38(29-16-15-27-13-11-12-14-28(27)22-29)39-36-23-30(40(2,3)4)17-19-33(36)34-20-18-31(24-37(34)39)41(5,6)7/h11-16,22,26,30-39H,17-21,23-25H2,1-10H3/t26?,30?,31?,32?,33?,34?,35?,36?,37?,38-,39?/m1/s1. The monoisotopic (exact) mass is 569 g/mol. The molecule has 0 nitrogen and oxygen atoms in total. The van der Waals surface area contributed by atoms with Crippen molar-refractivity contribution < 1.29 is 0 Å². The Bertz CT molecular complexity index is 1190. The Kier molecular flexibility index (Phi) is 8.01. The lowest BCUT2D eigenvalue weighted by Gasteiger charge is -2.46. The number of rotatable bonds is 3. The fourth-order valence-corrected chi connectivity index (χ4v) is 11.5. The first-order valence-electron chi connectivity index (χ1n) is 18.1. The van der Waals surface area contributed by atoms with Gasteiger partial charge in [-0.3, -0.25) is 0 Å². The van der Waals surface area contributed by atoms with Gasteiger partial charge in [0.05, 0.1) is 0 Å². The highest BCUT2D eigenvalue weighted by molar-refractivity contribution is 5.83. The van der Waals surface area contributed by atoms with Gasteiger partial charge in [-0.2, -0.15) is 0 Å². The minimum absolute atomic E-state index is 0.405. The van der Waals surface area contributed by atoms with Crippen LogP contribution in [0.3, 0.4) is 0 Å². The number of fused-ring (bicyclic) bond motifs is 4. The predicted molar refractivity (Wildman–Crippen MR) is 183 cm³/mol. The van der Waals surface area contributed by atoms with Crippen LogP contribution in [0.5, 0.6) is 0 Å². The minimum Gasteiger partial charge on any atom is -0.0622 e. The van der Waals surface area contributed by atoms with Gasteiger partial charge in [-0.15, -0.1) is 0 Å². The molecule has 6 rings (SSSR count). The predicted octanol–water partition coefficient (Wildman–Crippen LogP) is 12.4. The van der Waals surface area contributed by atoms with Crippen molar-refractivity contribution in [1.29, 1.82) is 0 Å². The molecule has 232 valence electrons. The van der Waals surface area contributed by atoms with Crippen LogP contribution in [0, 0.1) is 75.4 Å². The average Bonchev–Trinajstić information content (AvgIpc) is 3.46. The summed E-state index contributed by atoms with van der Waals surface area (Å²) in [6, 6.07) is 16.9. The highest BCUT2D eigenvalue weighted by Gasteiger charge is 2.59. The minimum atomic E-state index is 0.405. The zero-order valence-corrected chi connectivity index (χ0v) is 29.0. The molecule has 4 aliphatic carbocycles. The van der Waals surface area contributed by atoms with E-state index in [1.165, 1.54) is 62.1 Å². The average molecular weight is 569 g/mol. The van der Waals surface area contributed by atoms with Gasteiger partial charge in [-0.1, -0.05) is 112 Å². The summed E-state index contributed by atoms with van der Waals surface area (Å²) in [4.78, 5) is 0. The highest BCUT2D eigenvalue weighted by Crippen LogP contribution is 2.67. The summed E-state index contributed by atoms with van der Waals surface area (Å²) >= 11 is 0. The molecular weight excluding hydrogens is 504 g/mol. The summed E-state index contributed by atoms with van der Waals surface area (Å²) in [5.41, 5.74) is 2.95. The van der Waals surface area contributed by atoms with E-state index in [-0.39, 0.29) is 0 Å². The van der Waals surface area contributed by atoms with E-state index in [4.69, 9.17) is 0 Å².